The highest BCUT2D eigenvalue weighted by molar-refractivity contribution is 5.96. The number of rotatable bonds is 1. The van der Waals surface area contributed by atoms with Gasteiger partial charge in [-0.1, -0.05) is 0 Å². The summed E-state index contributed by atoms with van der Waals surface area (Å²) in [6.45, 7) is 1.35. The van der Waals surface area contributed by atoms with E-state index in [1.54, 1.807) is 0 Å². The first-order valence-electron chi connectivity index (χ1n) is 3.76. The van der Waals surface area contributed by atoms with Crippen molar-refractivity contribution in [1.29, 1.82) is 0 Å². The van der Waals surface area contributed by atoms with E-state index in [1.165, 1.54) is 19.3 Å². The summed E-state index contributed by atoms with van der Waals surface area (Å²) in [7, 11) is 0. The Bertz CT molecular complexity index is 523. The Balaban J connectivity index is 2.89. The lowest BCUT2D eigenvalue weighted by Crippen LogP contribution is -2.13. The highest BCUT2D eigenvalue weighted by atomic mass is 16.1. The number of H-pyrrole nitrogens is 2. The highest BCUT2D eigenvalue weighted by Crippen LogP contribution is 2.02. The van der Waals surface area contributed by atoms with Crippen LogP contribution in [0.15, 0.2) is 17.2 Å². The lowest BCUT2D eigenvalue weighted by Gasteiger charge is -1.93. The molecule has 2 N–H and O–H groups in total. The minimum Gasteiger partial charge on any atom is -0.358 e. The minimum absolute atomic E-state index is 0.150. The summed E-state index contributed by atoms with van der Waals surface area (Å²) in [5.41, 5.74) is 0.790. The van der Waals surface area contributed by atoms with E-state index in [1.807, 2.05) is 0 Å². The van der Waals surface area contributed by atoms with Crippen molar-refractivity contribution in [2.75, 3.05) is 0 Å². The summed E-state index contributed by atoms with van der Waals surface area (Å²) < 4.78 is 0. The number of ketones is 1. The van der Waals surface area contributed by atoms with Crippen LogP contribution in [0.25, 0.3) is 11.0 Å². The third kappa shape index (κ3) is 1.05. The topological polar surface area (TPSA) is 78.6 Å². The highest BCUT2D eigenvalue weighted by Gasteiger charge is 2.09. The SMILES string of the molecule is CC(=O)c1c[nH]c2cn[nH]c2c1=O. The number of hydrogen-bond donors (Lipinski definition) is 2. The molecule has 0 saturated carbocycles. The zero-order valence-electron chi connectivity index (χ0n) is 6.92. The van der Waals surface area contributed by atoms with Crippen LogP contribution in [0.2, 0.25) is 0 Å². The van der Waals surface area contributed by atoms with Crippen molar-refractivity contribution in [3.63, 3.8) is 0 Å². The molecule has 2 aromatic heterocycles. The Kier molecular flexibility index (Phi) is 1.51. The first kappa shape index (κ1) is 7.72. The molecule has 0 aliphatic carbocycles. The molecular weight excluding hydrogens is 170 g/mol. The van der Waals surface area contributed by atoms with Gasteiger partial charge in [0, 0.05) is 6.20 Å². The maximum absolute atomic E-state index is 11.5. The van der Waals surface area contributed by atoms with Crippen molar-refractivity contribution in [2.45, 2.75) is 6.92 Å². The lowest BCUT2D eigenvalue weighted by molar-refractivity contribution is 0.101. The molecule has 5 heteroatoms. The molecule has 2 aromatic rings. The predicted octanol–water partition coefficient (Wildman–Crippen LogP) is 0.454. The number of fused-ring (bicyclic) bond motifs is 1. The first-order chi connectivity index (χ1) is 6.20. The van der Waals surface area contributed by atoms with Crippen molar-refractivity contribution in [3.8, 4) is 0 Å². The second-order valence-electron chi connectivity index (χ2n) is 2.75. The molecule has 0 saturated heterocycles. The quantitative estimate of drug-likeness (QED) is 0.621. The molecule has 0 amide bonds. The number of aromatic nitrogens is 3. The van der Waals surface area contributed by atoms with Gasteiger partial charge in [-0.05, 0) is 6.92 Å². The molecule has 0 atom stereocenters. The second-order valence-corrected chi connectivity index (χ2v) is 2.75. The molecule has 0 bridgehead atoms. The molecule has 0 fully saturated rings. The Hall–Kier alpha value is -1.91. The van der Waals surface area contributed by atoms with Crippen LogP contribution in [0.1, 0.15) is 17.3 Å². The Morgan fingerprint density at radius 2 is 2.31 bits per heavy atom. The van der Waals surface area contributed by atoms with Gasteiger partial charge in [0.2, 0.25) is 5.43 Å². The van der Waals surface area contributed by atoms with Crippen molar-refractivity contribution in [1.82, 2.24) is 15.2 Å². The predicted molar refractivity (Wildman–Crippen MR) is 46.7 cm³/mol. The van der Waals surface area contributed by atoms with E-state index < -0.39 is 0 Å². The van der Waals surface area contributed by atoms with Crippen LogP contribution in [-0.2, 0) is 0 Å². The number of carbonyl (C=O) groups excluding carboxylic acids is 1. The van der Waals surface area contributed by atoms with Gasteiger partial charge in [0.25, 0.3) is 0 Å². The van der Waals surface area contributed by atoms with E-state index in [2.05, 4.69) is 15.2 Å². The van der Waals surface area contributed by atoms with Gasteiger partial charge in [-0.25, -0.2) is 0 Å². The molecule has 5 nitrogen and oxygen atoms in total. The minimum atomic E-state index is -0.307. The van der Waals surface area contributed by atoms with Crippen molar-refractivity contribution >= 4 is 16.8 Å². The van der Waals surface area contributed by atoms with Crippen LogP contribution in [0.3, 0.4) is 0 Å². The van der Waals surface area contributed by atoms with Gasteiger partial charge in [0.1, 0.15) is 5.52 Å². The smallest absolute Gasteiger partial charge is 0.217 e. The van der Waals surface area contributed by atoms with Gasteiger partial charge in [0.05, 0.1) is 17.3 Å². The number of hydrogen-bond acceptors (Lipinski definition) is 3. The summed E-state index contributed by atoms with van der Waals surface area (Å²) in [6.07, 6.45) is 2.91. The fourth-order valence-electron chi connectivity index (χ4n) is 1.18. The summed E-state index contributed by atoms with van der Waals surface area (Å²) in [4.78, 5) is 25.3. The van der Waals surface area contributed by atoms with Gasteiger partial charge in [-0.2, -0.15) is 5.10 Å². The van der Waals surface area contributed by atoms with Crippen LogP contribution < -0.4 is 5.43 Å². The third-order valence-electron chi connectivity index (χ3n) is 1.86. The van der Waals surface area contributed by atoms with E-state index in [-0.39, 0.29) is 16.8 Å². The molecule has 0 spiro atoms. The van der Waals surface area contributed by atoms with Crippen LogP contribution in [0, 0.1) is 0 Å². The van der Waals surface area contributed by atoms with Gasteiger partial charge < -0.3 is 4.98 Å². The van der Waals surface area contributed by atoms with E-state index in [4.69, 9.17) is 0 Å². The summed E-state index contributed by atoms with van der Waals surface area (Å²) >= 11 is 0. The fourth-order valence-corrected chi connectivity index (χ4v) is 1.18. The molecular formula is C8H7N3O2. The number of nitrogens with one attached hydrogen (secondary N) is 2. The largest absolute Gasteiger partial charge is 0.358 e. The average molecular weight is 177 g/mol. The Morgan fingerprint density at radius 3 is 3.00 bits per heavy atom. The third-order valence-corrected chi connectivity index (χ3v) is 1.86. The Morgan fingerprint density at radius 1 is 1.54 bits per heavy atom. The van der Waals surface area contributed by atoms with E-state index >= 15 is 0 Å². The zero-order valence-corrected chi connectivity index (χ0v) is 6.92. The molecule has 2 rings (SSSR count). The lowest BCUT2D eigenvalue weighted by atomic mass is 10.2. The van der Waals surface area contributed by atoms with Gasteiger partial charge in [-0.3, -0.25) is 14.7 Å². The van der Waals surface area contributed by atoms with Crippen molar-refractivity contribution in [2.24, 2.45) is 0 Å². The Labute approximate surface area is 72.8 Å². The molecule has 0 aliphatic heterocycles. The normalized spacial score (nSPS) is 10.5. The van der Waals surface area contributed by atoms with Crippen molar-refractivity contribution in [3.05, 3.63) is 28.2 Å². The molecule has 0 aliphatic rings. The first-order valence-corrected chi connectivity index (χ1v) is 3.76. The van der Waals surface area contributed by atoms with Crippen LogP contribution in [0.5, 0.6) is 0 Å². The van der Waals surface area contributed by atoms with E-state index in [0.29, 0.717) is 11.0 Å². The van der Waals surface area contributed by atoms with E-state index in [0.717, 1.165) is 0 Å². The zero-order chi connectivity index (χ0) is 9.42. The van der Waals surface area contributed by atoms with Crippen LogP contribution in [0.4, 0.5) is 0 Å². The van der Waals surface area contributed by atoms with Gasteiger partial charge >= 0.3 is 0 Å². The number of aromatic amines is 2. The summed E-state index contributed by atoms with van der Waals surface area (Å²) in [5, 5.41) is 6.23. The molecule has 0 aromatic carbocycles. The van der Waals surface area contributed by atoms with E-state index in [9.17, 15) is 9.59 Å². The maximum Gasteiger partial charge on any atom is 0.217 e. The number of pyridine rings is 1. The van der Waals surface area contributed by atoms with Gasteiger partial charge in [0.15, 0.2) is 5.78 Å². The number of nitrogens with zero attached hydrogens (tertiary/aromatic N) is 1. The molecule has 2 heterocycles. The standard InChI is InChI=1S/C8H7N3O2/c1-4(12)5-2-9-6-3-10-11-7(6)8(5)13/h2-3H,1H3,(H,9,13)(H,10,11). The summed E-state index contributed by atoms with van der Waals surface area (Å²) in [5.74, 6) is -0.252. The fraction of sp³-hybridized carbons (Fsp3) is 0.125. The molecule has 0 radical (unpaired) electrons. The van der Waals surface area contributed by atoms with Gasteiger partial charge in [-0.15, -0.1) is 0 Å². The molecule has 0 unspecified atom stereocenters. The van der Waals surface area contributed by atoms with Crippen LogP contribution >= 0.6 is 0 Å². The maximum atomic E-state index is 11.5. The monoisotopic (exact) mass is 177 g/mol. The molecule has 13 heavy (non-hydrogen) atoms. The molecule has 66 valence electrons. The number of Topliss-reactive ketones (excluding diaryl/α,β-unsaturated/α-hetero) is 1. The summed E-state index contributed by atoms with van der Waals surface area (Å²) in [6, 6.07) is 0. The van der Waals surface area contributed by atoms with Crippen molar-refractivity contribution < 1.29 is 4.79 Å². The average Bonchev–Trinajstić information content (AvgIpc) is 2.52. The number of carbonyl (C=O) groups is 1. The second kappa shape index (κ2) is 2.55. The van der Waals surface area contributed by atoms with Crippen LogP contribution in [-0.4, -0.2) is 21.0 Å².